The Hall–Kier alpha value is -2.28. The third-order valence-corrected chi connectivity index (χ3v) is 7.08. The van der Waals surface area contributed by atoms with Crippen molar-refractivity contribution in [3.8, 4) is 5.75 Å². The van der Waals surface area contributed by atoms with Gasteiger partial charge in [0.25, 0.3) is 5.91 Å². The van der Waals surface area contributed by atoms with Crippen LogP contribution in [-0.4, -0.2) is 33.3 Å². The Morgan fingerprint density at radius 1 is 1.14 bits per heavy atom. The van der Waals surface area contributed by atoms with E-state index in [1.54, 1.807) is 4.90 Å². The molecule has 0 spiro atoms. The molecule has 2 aromatic rings. The molecular weight excluding hydrogens is 386 g/mol. The van der Waals surface area contributed by atoms with Crippen LogP contribution in [0.15, 0.2) is 30.3 Å². The Labute approximate surface area is 175 Å². The van der Waals surface area contributed by atoms with Gasteiger partial charge in [-0.05, 0) is 37.8 Å². The Morgan fingerprint density at radius 2 is 1.90 bits per heavy atom. The molecule has 1 aliphatic carbocycles. The normalized spacial score (nSPS) is 21.1. The maximum atomic E-state index is 13.1. The maximum absolute atomic E-state index is 13.1. The molecule has 1 saturated heterocycles. The largest absolute Gasteiger partial charge is 0.486 e. The lowest BCUT2D eigenvalue weighted by molar-refractivity contribution is -0.151. The van der Waals surface area contributed by atoms with Gasteiger partial charge in [-0.3, -0.25) is 9.59 Å². The molecule has 1 amide bonds. The number of ether oxygens (including phenoxy) is 1. The van der Waals surface area contributed by atoms with E-state index in [0.29, 0.717) is 13.2 Å². The minimum Gasteiger partial charge on any atom is -0.486 e. The summed E-state index contributed by atoms with van der Waals surface area (Å²) in [5, 5.41) is 10.1. The molecule has 154 valence electrons. The highest BCUT2D eigenvalue weighted by Crippen LogP contribution is 2.39. The van der Waals surface area contributed by atoms with Crippen LogP contribution in [0.3, 0.4) is 0 Å². The zero-order valence-electron chi connectivity index (χ0n) is 16.8. The first-order valence-electron chi connectivity index (χ1n) is 10.4. The van der Waals surface area contributed by atoms with E-state index in [4.69, 9.17) is 4.74 Å². The van der Waals surface area contributed by atoms with Crippen molar-refractivity contribution in [2.45, 2.75) is 64.5 Å². The molecule has 6 nitrogen and oxygen atoms in total. The molecule has 2 aliphatic rings. The molecule has 29 heavy (non-hydrogen) atoms. The zero-order valence-corrected chi connectivity index (χ0v) is 17.6. The molecule has 2 fully saturated rings. The van der Waals surface area contributed by atoms with Crippen molar-refractivity contribution in [3.05, 3.63) is 40.3 Å². The number of rotatable bonds is 6. The van der Waals surface area contributed by atoms with Gasteiger partial charge in [-0.1, -0.05) is 55.7 Å². The SMILES string of the molecule is CC1(C(=O)C(=O)N2CCCC2c2nnc(COc3ccccc3)s2)CCCCC1. The van der Waals surface area contributed by atoms with E-state index >= 15 is 0 Å². The van der Waals surface area contributed by atoms with E-state index < -0.39 is 5.41 Å². The lowest BCUT2D eigenvalue weighted by Crippen LogP contribution is -2.44. The molecule has 0 bridgehead atoms. The summed E-state index contributed by atoms with van der Waals surface area (Å²) in [7, 11) is 0. The van der Waals surface area contributed by atoms with Crippen molar-refractivity contribution in [1.82, 2.24) is 15.1 Å². The first kappa shape index (κ1) is 20.0. The summed E-state index contributed by atoms with van der Waals surface area (Å²) in [6, 6.07) is 9.44. The van der Waals surface area contributed by atoms with Crippen molar-refractivity contribution in [1.29, 1.82) is 0 Å². The monoisotopic (exact) mass is 413 g/mol. The molecule has 4 rings (SSSR count). The average molecular weight is 414 g/mol. The van der Waals surface area contributed by atoms with Crippen molar-refractivity contribution < 1.29 is 14.3 Å². The van der Waals surface area contributed by atoms with Crippen molar-refractivity contribution in [2.24, 2.45) is 5.41 Å². The number of hydrogen-bond acceptors (Lipinski definition) is 6. The van der Waals surface area contributed by atoms with E-state index in [1.165, 1.54) is 11.3 Å². The summed E-state index contributed by atoms with van der Waals surface area (Å²) in [5.41, 5.74) is -0.502. The van der Waals surface area contributed by atoms with E-state index in [1.807, 2.05) is 37.3 Å². The molecule has 1 unspecified atom stereocenters. The highest BCUT2D eigenvalue weighted by molar-refractivity contribution is 7.11. The minimum atomic E-state index is -0.502. The summed E-state index contributed by atoms with van der Waals surface area (Å²) in [4.78, 5) is 27.8. The van der Waals surface area contributed by atoms with Gasteiger partial charge in [-0.15, -0.1) is 10.2 Å². The number of carbonyl (C=O) groups is 2. The quantitative estimate of drug-likeness (QED) is 0.660. The Bertz CT molecular complexity index is 861. The number of likely N-dealkylation sites (tertiary alicyclic amines) is 1. The lowest BCUT2D eigenvalue weighted by atomic mass is 9.72. The molecule has 1 aliphatic heterocycles. The Balaban J connectivity index is 1.42. The van der Waals surface area contributed by atoms with Crippen LogP contribution in [-0.2, 0) is 16.2 Å². The molecule has 7 heteroatoms. The second-order valence-corrected chi connectivity index (χ2v) is 9.34. The summed E-state index contributed by atoms with van der Waals surface area (Å²) < 4.78 is 5.75. The smallest absolute Gasteiger partial charge is 0.291 e. The molecule has 0 N–H and O–H groups in total. The van der Waals surface area contributed by atoms with Gasteiger partial charge < -0.3 is 9.64 Å². The fourth-order valence-corrected chi connectivity index (χ4v) is 5.24. The molecule has 2 heterocycles. The lowest BCUT2D eigenvalue weighted by Gasteiger charge is -2.33. The first-order chi connectivity index (χ1) is 14.1. The molecule has 1 atom stereocenters. The van der Waals surface area contributed by atoms with Crippen LogP contribution in [0, 0.1) is 5.41 Å². The first-order valence-corrected chi connectivity index (χ1v) is 11.2. The predicted molar refractivity (Wildman–Crippen MR) is 111 cm³/mol. The van der Waals surface area contributed by atoms with Gasteiger partial charge >= 0.3 is 0 Å². The van der Waals surface area contributed by atoms with Gasteiger partial charge in [0, 0.05) is 12.0 Å². The highest BCUT2D eigenvalue weighted by atomic mass is 32.1. The van der Waals surface area contributed by atoms with Gasteiger partial charge in [0.05, 0.1) is 6.04 Å². The fourth-order valence-electron chi connectivity index (χ4n) is 4.34. The van der Waals surface area contributed by atoms with Crippen LogP contribution in [0.4, 0.5) is 0 Å². The summed E-state index contributed by atoms with van der Waals surface area (Å²) in [6.45, 7) is 2.92. The molecular formula is C22H27N3O3S. The molecule has 1 aromatic heterocycles. The number of amides is 1. The van der Waals surface area contributed by atoms with Crippen molar-refractivity contribution in [2.75, 3.05) is 6.54 Å². The number of hydrogen-bond donors (Lipinski definition) is 0. The third kappa shape index (κ3) is 4.34. The molecule has 0 radical (unpaired) electrons. The van der Waals surface area contributed by atoms with Crippen LogP contribution >= 0.6 is 11.3 Å². The zero-order chi connectivity index (χ0) is 20.3. The highest BCUT2D eigenvalue weighted by Gasteiger charge is 2.43. The van der Waals surface area contributed by atoms with E-state index in [2.05, 4.69) is 10.2 Å². The van der Waals surface area contributed by atoms with E-state index in [0.717, 1.165) is 60.7 Å². The standard InChI is InChI=1S/C22H27N3O3S/c1-22(12-6-3-7-13-22)19(26)21(27)25-14-8-11-17(25)20-24-23-18(29-20)15-28-16-9-4-2-5-10-16/h2,4-5,9-10,17H,3,6-8,11-15H2,1H3. The number of Topliss-reactive ketones (excluding diaryl/α,β-unsaturated/α-hetero) is 1. The molecule has 1 saturated carbocycles. The van der Waals surface area contributed by atoms with Crippen LogP contribution in [0.1, 0.15) is 67.9 Å². The summed E-state index contributed by atoms with van der Waals surface area (Å²) in [5.74, 6) is 0.226. The second kappa shape index (κ2) is 8.61. The van der Waals surface area contributed by atoms with Gasteiger partial charge in [0.15, 0.2) is 5.01 Å². The van der Waals surface area contributed by atoms with Crippen LogP contribution in [0.25, 0.3) is 0 Å². The Morgan fingerprint density at radius 3 is 2.66 bits per heavy atom. The predicted octanol–water partition coefficient (Wildman–Crippen LogP) is 4.32. The summed E-state index contributed by atoms with van der Waals surface area (Å²) in [6.07, 6.45) is 6.55. The fraction of sp³-hybridized carbons (Fsp3) is 0.545. The van der Waals surface area contributed by atoms with Gasteiger partial charge in [-0.25, -0.2) is 0 Å². The van der Waals surface area contributed by atoms with E-state index in [-0.39, 0.29) is 17.7 Å². The number of aromatic nitrogens is 2. The van der Waals surface area contributed by atoms with Gasteiger partial charge in [0.2, 0.25) is 5.78 Å². The second-order valence-electron chi connectivity index (χ2n) is 8.24. The number of ketones is 1. The maximum Gasteiger partial charge on any atom is 0.291 e. The van der Waals surface area contributed by atoms with Crippen LogP contribution < -0.4 is 4.74 Å². The van der Waals surface area contributed by atoms with E-state index in [9.17, 15) is 9.59 Å². The summed E-state index contributed by atoms with van der Waals surface area (Å²) >= 11 is 1.46. The number of para-hydroxylation sites is 1. The number of carbonyl (C=O) groups excluding carboxylic acids is 2. The average Bonchev–Trinajstić information content (AvgIpc) is 3.42. The molecule has 1 aromatic carbocycles. The van der Waals surface area contributed by atoms with Crippen LogP contribution in [0.5, 0.6) is 5.75 Å². The number of benzene rings is 1. The van der Waals surface area contributed by atoms with Crippen molar-refractivity contribution in [3.63, 3.8) is 0 Å². The minimum absolute atomic E-state index is 0.151. The Kier molecular flexibility index (Phi) is 5.94. The van der Waals surface area contributed by atoms with Crippen molar-refractivity contribution >= 4 is 23.0 Å². The van der Waals surface area contributed by atoms with Crippen LogP contribution in [0.2, 0.25) is 0 Å². The van der Waals surface area contributed by atoms with Gasteiger partial charge in [-0.2, -0.15) is 0 Å². The third-order valence-electron chi connectivity index (χ3n) is 6.09. The number of nitrogens with zero attached hydrogens (tertiary/aromatic N) is 3. The van der Waals surface area contributed by atoms with Gasteiger partial charge in [0.1, 0.15) is 17.4 Å². The topological polar surface area (TPSA) is 72.4 Å².